The van der Waals surface area contributed by atoms with Crippen molar-refractivity contribution in [2.24, 2.45) is 0 Å². The van der Waals surface area contributed by atoms with Gasteiger partial charge in [0.25, 0.3) is 0 Å². The third-order valence-corrected chi connectivity index (χ3v) is 14.8. The number of nitrogens with zero attached hydrogens (tertiary/aromatic N) is 2. The molecule has 2 fully saturated rings. The first-order valence-corrected chi connectivity index (χ1v) is 24.2. The van der Waals surface area contributed by atoms with Gasteiger partial charge in [0.15, 0.2) is 17.1 Å². The van der Waals surface area contributed by atoms with Crippen molar-refractivity contribution in [1.29, 1.82) is 0 Å². The third kappa shape index (κ3) is 7.98. The summed E-state index contributed by atoms with van der Waals surface area (Å²) in [4.78, 5) is 4.90. The Bertz CT molecular complexity index is 2730. The topological polar surface area (TPSA) is 71.1 Å². The van der Waals surface area contributed by atoms with Crippen LogP contribution in [0, 0.1) is 0 Å². The summed E-state index contributed by atoms with van der Waals surface area (Å²) in [7, 11) is 8.74. The predicted octanol–water partition coefficient (Wildman–Crippen LogP) is 11.8. The molecule has 4 aliphatic rings. The molecule has 0 saturated carbocycles. The first kappa shape index (κ1) is 44.8. The van der Waals surface area contributed by atoms with Crippen LogP contribution >= 0.6 is 0 Å². The standard InChI is InChI=1S/C58H64N2O7/c1-61-33-11-26-57(27-12-34-62-2)50-14-8-7-13-45(50)54-48-38-47(40-15-20-43(21-16-40)59-29-9-6-10-30-59)52(64-4)39-49(48)56-46(55(54)57)25-28-58(67-56,42-19-24-51(63-3)53(37-42)65-5)41-17-22-44(23-18-41)60-31-35-66-36-32-60/h7-8,13-25,28,37-39H,6,9-12,26-27,29-36H2,1-5H3. The molecule has 6 aromatic rings. The van der Waals surface area contributed by atoms with E-state index in [1.165, 1.54) is 47.2 Å². The summed E-state index contributed by atoms with van der Waals surface area (Å²) in [5, 5.41) is 2.13. The Hall–Kier alpha value is -6.00. The number of benzene rings is 6. The molecule has 348 valence electrons. The molecule has 0 radical (unpaired) electrons. The van der Waals surface area contributed by atoms with Crippen molar-refractivity contribution < 1.29 is 33.2 Å². The van der Waals surface area contributed by atoms with E-state index in [0.717, 1.165) is 121 Å². The van der Waals surface area contributed by atoms with Crippen molar-refractivity contribution in [3.8, 4) is 45.3 Å². The quantitative estimate of drug-likeness (QED) is 0.0883. The number of piperidine rings is 1. The van der Waals surface area contributed by atoms with Crippen LogP contribution in [0.25, 0.3) is 39.1 Å². The summed E-state index contributed by atoms with van der Waals surface area (Å²) in [6, 6.07) is 37.8. The first-order valence-electron chi connectivity index (χ1n) is 24.2. The van der Waals surface area contributed by atoms with E-state index >= 15 is 0 Å². The second kappa shape index (κ2) is 19.3. The Labute approximate surface area is 396 Å². The summed E-state index contributed by atoms with van der Waals surface area (Å²) >= 11 is 0. The van der Waals surface area contributed by atoms with Gasteiger partial charge < -0.3 is 43.0 Å². The van der Waals surface area contributed by atoms with Gasteiger partial charge >= 0.3 is 0 Å². The molecule has 6 aromatic carbocycles. The van der Waals surface area contributed by atoms with E-state index in [2.05, 4.69) is 119 Å². The summed E-state index contributed by atoms with van der Waals surface area (Å²) in [6.07, 6.45) is 12.0. The number of morpholine rings is 1. The predicted molar refractivity (Wildman–Crippen MR) is 270 cm³/mol. The molecule has 0 amide bonds. The molecular formula is C58H64N2O7. The molecule has 9 heteroatoms. The molecule has 9 nitrogen and oxygen atoms in total. The molecule has 0 bridgehead atoms. The molecule has 0 spiro atoms. The molecule has 3 heterocycles. The van der Waals surface area contributed by atoms with E-state index in [1.807, 2.05) is 6.07 Å². The molecule has 3 aliphatic heterocycles. The zero-order valence-electron chi connectivity index (χ0n) is 39.8. The monoisotopic (exact) mass is 900 g/mol. The lowest BCUT2D eigenvalue weighted by Crippen LogP contribution is -2.37. The molecule has 0 aromatic heterocycles. The second-order valence-corrected chi connectivity index (χ2v) is 18.4. The highest BCUT2D eigenvalue weighted by molar-refractivity contribution is 6.10. The van der Waals surface area contributed by atoms with Crippen LogP contribution < -0.4 is 28.7 Å². The average molecular weight is 901 g/mol. The minimum Gasteiger partial charge on any atom is -0.496 e. The van der Waals surface area contributed by atoms with Crippen molar-refractivity contribution in [2.45, 2.75) is 56.0 Å². The van der Waals surface area contributed by atoms with Gasteiger partial charge in [-0.15, -0.1) is 0 Å². The van der Waals surface area contributed by atoms with Gasteiger partial charge in [0.1, 0.15) is 11.5 Å². The Morgan fingerprint density at radius 3 is 1.90 bits per heavy atom. The van der Waals surface area contributed by atoms with E-state index in [4.69, 9.17) is 33.2 Å². The molecule has 0 N–H and O–H groups in total. The molecule has 1 atom stereocenters. The molecule has 67 heavy (non-hydrogen) atoms. The highest BCUT2D eigenvalue weighted by Gasteiger charge is 2.48. The lowest BCUT2D eigenvalue weighted by molar-refractivity contribution is 0.122. The molecule has 1 unspecified atom stereocenters. The van der Waals surface area contributed by atoms with Crippen molar-refractivity contribution >= 4 is 28.2 Å². The molecule has 2 saturated heterocycles. The van der Waals surface area contributed by atoms with Gasteiger partial charge in [-0.1, -0.05) is 60.7 Å². The van der Waals surface area contributed by atoms with Crippen molar-refractivity contribution in [3.05, 3.63) is 137 Å². The fourth-order valence-corrected chi connectivity index (χ4v) is 11.6. The van der Waals surface area contributed by atoms with Gasteiger partial charge in [-0.3, -0.25) is 0 Å². The van der Waals surface area contributed by atoms with Crippen molar-refractivity contribution in [2.75, 3.05) is 98.0 Å². The van der Waals surface area contributed by atoms with Crippen molar-refractivity contribution in [3.63, 3.8) is 0 Å². The smallest absolute Gasteiger partial charge is 0.178 e. The van der Waals surface area contributed by atoms with E-state index in [-0.39, 0.29) is 5.41 Å². The van der Waals surface area contributed by atoms with E-state index in [0.29, 0.717) is 24.7 Å². The van der Waals surface area contributed by atoms with Crippen LogP contribution in [0.1, 0.15) is 72.8 Å². The Kier molecular flexibility index (Phi) is 12.9. The number of rotatable bonds is 16. The fraction of sp³-hybridized carbons (Fsp3) is 0.379. The highest BCUT2D eigenvalue weighted by atomic mass is 16.5. The zero-order chi connectivity index (χ0) is 46.0. The van der Waals surface area contributed by atoms with Gasteiger partial charge in [-0.05, 0) is 133 Å². The minimum atomic E-state index is -1.05. The SMILES string of the molecule is COCCCC1(CCCOC)c2ccccc2-c2c1c1c(c3cc(OC)c(-c4ccc(N5CCCCC5)cc4)cc23)OC(c2ccc(N3CCOCC3)cc2)(c2ccc(OC)c(OC)c2)C=C1. The molecule has 1 aliphatic carbocycles. The maximum atomic E-state index is 7.93. The van der Waals surface area contributed by atoms with Gasteiger partial charge in [0, 0.05) is 98.0 Å². The summed E-state index contributed by atoms with van der Waals surface area (Å²) < 4.78 is 43.3. The fourth-order valence-electron chi connectivity index (χ4n) is 11.6. The lowest BCUT2D eigenvalue weighted by Gasteiger charge is -2.40. The number of anilines is 2. The summed E-state index contributed by atoms with van der Waals surface area (Å²) in [5.41, 5.74) is 11.4. The largest absolute Gasteiger partial charge is 0.496 e. The Morgan fingerprint density at radius 2 is 1.22 bits per heavy atom. The number of hydrogen-bond donors (Lipinski definition) is 0. The number of hydrogen-bond acceptors (Lipinski definition) is 9. The maximum absolute atomic E-state index is 7.93. The van der Waals surface area contributed by atoms with Gasteiger partial charge in [0.2, 0.25) is 0 Å². The van der Waals surface area contributed by atoms with E-state index in [9.17, 15) is 0 Å². The maximum Gasteiger partial charge on any atom is 0.178 e. The summed E-state index contributed by atoms with van der Waals surface area (Å²) in [5.74, 6) is 2.91. The number of methoxy groups -OCH3 is 5. The van der Waals surface area contributed by atoms with Crippen LogP contribution in [0.5, 0.6) is 23.0 Å². The normalized spacial score (nSPS) is 18.3. The van der Waals surface area contributed by atoms with Crippen LogP contribution in [0.2, 0.25) is 0 Å². The lowest BCUT2D eigenvalue weighted by atomic mass is 9.69. The average Bonchev–Trinajstić information content (AvgIpc) is 3.68. The van der Waals surface area contributed by atoms with E-state index < -0.39 is 5.60 Å². The third-order valence-electron chi connectivity index (χ3n) is 14.8. The summed E-state index contributed by atoms with van der Waals surface area (Å²) in [6.45, 7) is 6.68. The zero-order valence-corrected chi connectivity index (χ0v) is 39.8. The van der Waals surface area contributed by atoms with Crippen LogP contribution in [-0.2, 0) is 25.2 Å². The van der Waals surface area contributed by atoms with Gasteiger partial charge in [0.05, 0.1) is 34.5 Å². The number of ether oxygens (including phenoxy) is 7. The molecule has 10 rings (SSSR count). The number of fused-ring (bicyclic) bond motifs is 8. The highest BCUT2D eigenvalue weighted by Crippen LogP contribution is 2.62. The van der Waals surface area contributed by atoms with Crippen LogP contribution in [0.4, 0.5) is 11.4 Å². The van der Waals surface area contributed by atoms with Gasteiger partial charge in [-0.2, -0.15) is 0 Å². The minimum absolute atomic E-state index is 0.339. The van der Waals surface area contributed by atoms with Crippen LogP contribution in [-0.4, -0.2) is 88.2 Å². The first-order chi connectivity index (χ1) is 33.0. The van der Waals surface area contributed by atoms with Gasteiger partial charge in [-0.25, -0.2) is 0 Å². The second-order valence-electron chi connectivity index (χ2n) is 18.4. The van der Waals surface area contributed by atoms with Crippen LogP contribution in [0.3, 0.4) is 0 Å². The van der Waals surface area contributed by atoms with Crippen molar-refractivity contribution in [1.82, 2.24) is 0 Å². The Morgan fingerprint density at radius 1 is 0.582 bits per heavy atom. The Balaban J connectivity index is 1.24. The van der Waals surface area contributed by atoms with E-state index in [1.54, 1.807) is 35.5 Å². The van der Waals surface area contributed by atoms with Crippen LogP contribution in [0.15, 0.2) is 109 Å². The molecular weight excluding hydrogens is 837 g/mol.